The summed E-state index contributed by atoms with van der Waals surface area (Å²) in [7, 11) is 0. The summed E-state index contributed by atoms with van der Waals surface area (Å²) in [5.41, 5.74) is 8.83. The van der Waals surface area contributed by atoms with Crippen LogP contribution in [-0.4, -0.2) is 11.7 Å². The smallest absolute Gasteiger partial charge is 0.0479 e. The van der Waals surface area contributed by atoms with E-state index in [1.165, 1.54) is 5.56 Å². The van der Waals surface area contributed by atoms with Gasteiger partial charge in [-0.25, -0.2) is 0 Å². The molecule has 0 spiro atoms. The molecule has 1 aromatic rings. The maximum Gasteiger partial charge on any atom is 0.0479 e. The molecule has 0 radical (unpaired) electrons. The normalized spacial score (nSPS) is 15.8. The maximum absolute atomic E-state index is 9.43. The molecule has 3 N–H and O–H groups in total. The van der Waals surface area contributed by atoms with Crippen molar-refractivity contribution in [1.29, 1.82) is 0 Å². The molecule has 2 nitrogen and oxygen atoms in total. The van der Waals surface area contributed by atoms with Crippen molar-refractivity contribution in [2.75, 3.05) is 6.61 Å². The summed E-state index contributed by atoms with van der Waals surface area (Å²) < 4.78 is 0. The van der Waals surface area contributed by atoms with Crippen LogP contribution in [0.15, 0.2) is 24.3 Å². The van der Waals surface area contributed by atoms with Crippen LogP contribution in [0.5, 0.6) is 0 Å². The van der Waals surface area contributed by atoms with Crippen LogP contribution in [0, 0.1) is 11.8 Å². The molecule has 0 saturated carbocycles. The van der Waals surface area contributed by atoms with Gasteiger partial charge >= 0.3 is 0 Å². The van der Waals surface area contributed by atoms with Crippen molar-refractivity contribution >= 4 is 0 Å². The zero-order valence-corrected chi connectivity index (χ0v) is 12.3. The highest BCUT2D eigenvalue weighted by molar-refractivity contribution is 5.29. The van der Waals surface area contributed by atoms with E-state index in [0.29, 0.717) is 5.92 Å². The van der Waals surface area contributed by atoms with Gasteiger partial charge in [0, 0.05) is 18.6 Å². The number of hydrogen-bond acceptors (Lipinski definition) is 2. The van der Waals surface area contributed by atoms with Gasteiger partial charge in [-0.15, -0.1) is 0 Å². The Morgan fingerprint density at radius 3 is 1.94 bits per heavy atom. The fourth-order valence-electron chi connectivity index (χ4n) is 2.19. The molecule has 1 rings (SSSR count). The Balaban J connectivity index is 2.91. The lowest BCUT2D eigenvalue weighted by atomic mass is 9.83. The van der Waals surface area contributed by atoms with E-state index in [1.54, 1.807) is 0 Å². The molecular weight excluding hydrogens is 222 g/mol. The first kappa shape index (κ1) is 15.2. The molecule has 0 bridgehead atoms. The van der Waals surface area contributed by atoms with E-state index in [2.05, 4.69) is 58.9 Å². The van der Waals surface area contributed by atoms with E-state index in [9.17, 15) is 5.11 Å². The third kappa shape index (κ3) is 3.56. The lowest BCUT2D eigenvalue weighted by Crippen LogP contribution is -2.28. The lowest BCUT2D eigenvalue weighted by molar-refractivity contribution is 0.166. The van der Waals surface area contributed by atoms with Gasteiger partial charge in [0.05, 0.1) is 0 Å². The van der Waals surface area contributed by atoms with Crippen molar-refractivity contribution in [1.82, 2.24) is 0 Å². The Morgan fingerprint density at radius 2 is 1.61 bits per heavy atom. The van der Waals surface area contributed by atoms with Crippen LogP contribution in [-0.2, 0) is 5.41 Å². The van der Waals surface area contributed by atoms with Crippen LogP contribution >= 0.6 is 0 Å². The van der Waals surface area contributed by atoms with Gasteiger partial charge in [0.25, 0.3) is 0 Å². The SMILES string of the molecule is CC(C)C(CO)C(N)c1ccc(C(C)(C)C)cc1. The minimum atomic E-state index is -0.0935. The molecule has 102 valence electrons. The van der Waals surface area contributed by atoms with Crippen molar-refractivity contribution in [2.24, 2.45) is 17.6 Å². The van der Waals surface area contributed by atoms with Gasteiger partial charge in [0.2, 0.25) is 0 Å². The van der Waals surface area contributed by atoms with Crippen molar-refractivity contribution in [3.05, 3.63) is 35.4 Å². The summed E-state index contributed by atoms with van der Waals surface area (Å²) in [4.78, 5) is 0. The molecule has 0 fully saturated rings. The van der Waals surface area contributed by atoms with Gasteiger partial charge < -0.3 is 10.8 Å². The van der Waals surface area contributed by atoms with Crippen molar-refractivity contribution in [3.8, 4) is 0 Å². The van der Waals surface area contributed by atoms with Crippen molar-refractivity contribution < 1.29 is 5.11 Å². The van der Waals surface area contributed by atoms with Gasteiger partial charge in [0.15, 0.2) is 0 Å². The highest BCUT2D eigenvalue weighted by Gasteiger charge is 2.22. The number of hydrogen-bond donors (Lipinski definition) is 2. The number of rotatable bonds is 4. The van der Waals surface area contributed by atoms with Crippen LogP contribution in [0.25, 0.3) is 0 Å². The first-order chi connectivity index (χ1) is 8.27. The predicted octanol–water partition coefficient (Wildman–Crippen LogP) is 3.25. The molecule has 0 aliphatic rings. The number of aliphatic hydroxyl groups is 1. The minimum Gasteiger partial charge on any atom is -0.396 e. The van der Waals surface area contributed by atoms with E-state index in [4.69, 9.17) is 5.73 Å². The van der Waals surface area contributed by atoms with E-state index in [1.807, 2.05) is 0 Å². The zero-order valence-electron chi connectivity index (χ0n) is 12.3. The predicted molar refractivity (Wildman–Crippen MR) is 77.5 cm³/mol. The van der Waals surface area contributed by atoms with E-state index >= 15 is 0 Å². The Kier molecular flexibility index (Phi) is 4.94. The van der Waals surface area contributed by atoms with Crippen LogP contribution in [0.4, 0.5) is 0 Å². The van der Waals surface area contributed by atoms with E-state index in [-0.39, 0.29) is 24.0 Å². The van der Waals surface area contributed by atoms with Crippen LogP contribution in [0.1, 0.15) is 51.8 Å². The molecule has 0 heterocycles. The Morgan fingerprint density at radius 1 is 1.11 bits per heavy atom. The van der Waals surface area contributed by atoms with Crippen molar-refractivity contribution in [3.63, 3.8) is 0 Å². The fourth-order valence-corrected chi connectivity index (χ4v) is 2.19. The number of aliphatic hydroxyl groups excluding tert-OH is 1. The number of benzene rings is 1. The van der Waals surface area contributed by atoms with Gasteiger partial charge in [0.1, 0.15) is 0 Å². The molecule has 0 aliphatic heterocycles. The topological polar surface area (TPSA) is 46.2 Å². The second-order valence-corrected chi connectivity index (χ2v) is 6.49. The maximum atomic E-state index is 9.43. The molecule has 18 heavy (non-hydrogen) atoms. The highest BCUT2D eigenvalue weighted by atomic mass is 16.3. The summed E-state index contributed by atoms with van der Waals surface area (Å²) in [6.07, 6.45) is 0. The molecule has 2 unspecified atom stereocenters. The third-order valence-corrected chi connectivity index (χ3v) is 3.69. The quantitative estimate of drug-likeness (QED) is 0.860. The summed E-state index contributed by atoms with van der Waals surface area (Å²) in [6.45, 7) is 10.9. The second kappa shape index (κ2) is 5.85. The molecule has 2 heteroatoms. The van der Waals surface area contributed by atoms with Gasteiger partial charge in [-0.05, 0) is 22.5 Å². The third-order valence-electron chi connectivity index (χ3n) is 3.69. The first-order valence-electron chi connectivity index (χ1n) is 6.74. The highest BCUT2D eigenvalue weighted by Crippen LogP contribution is 2.28. The number of nitrogens with two attached hydrogens (primary N) is 1. The largest absolute Gasteiger partial charge is 0.396 e. The van der Waals surface area contributed by atoms with Gasteiger partial charge in [-0.1, -0.05) is 58.9 Å². The van der Waals surface area contributed by atoms with Crippen molar-refractivity contribution in [2.45, 2.75) is 46.1 Å². The molecule has 2 atom stereocenters. The summed E-state index contributed by atoms with van der Waals surface area (Å²) >= 11 is 0. The Labute approximate surface area is 111 Å². The molecule has 0 aliphatic carbocycles. The fraction of sp³-hybridized carbons (Fsp3) is 0.625. The molecular formula is C16H27NO. The van der Waals surface area contributed by atoms with Gasteiger partial charge in [-0.3, -0.25) is 0 Å². The zero-order chi connectivity index (χ0) is 13.9. The summed E-state index contributed by atoms with van der Waals surface area (Å²) in [5.74, 6) is 0.498. The van der Waals surface area contributed by atoms with E-state index < -0.39 is 0 Å². The molecule has 0 aromatic heterocycles. The lowest BCUT2D eigenvalue weighted by Gasteiger charge is -2.26. The Bertz CT molecular complexity index is 362. The van der Waals surface area contributed by atoms with Gasteiger partial charge in [-0.2, -0.15) is 0 Å². The van der Waals surface area contributed by atoms with Crippen LogP contribution < -0.4 is 5.73 Å². The monoisotopic (exact) mass is 249 g/mol. The molecule has 0 amide bonds. The Hall–Kier alpha value is -0.860. The summed E-state index contributed by atoms with van der Waals surface area (Å²) in [5, 5.41) is 9.43. The second-order valence-electron chi connectivity index (χ2n) is 6.49. The van der Waals surface area contributed by atoms with E-state index in [0.717, 1.165) is 5.56 Å². The van der Waals surface area contributed by atoms with Crippen LogP contribution in [0.2, 0.25) is 0 Å². The first-order valence-corrected chi connectivity index (χ1v) is 6.74. The minimum absolute atomic E-state index is 0.0935. The standard InChI is InChI=1S/C16H27NO/c1-11(2)14(10-18)15(17)12-6-8-13(9-7-12)16(3,4)5/h6-9,11,14-15,18H,10,17H2,1-5H3. The summed E-state index contributed by atoms with van der Waals surface area (Å²) in [6, 6.07) is 8.38. The average molecular weight is 249 g/mol. The van der Waals surface area contributed by atoms with Crippen LogP contribution in [0.3, 0.4) is 0 Å². The molecule has 1 aromatic carbocycles. The average Bonchev–Trinajstić information content (AvgIpc) is 2.28. The molecule has 0 saturated heterocycles.